The Hall–Kier alpha value is -3.57. The summed E-state index contributed by atoms with van der Waals surface area (Å²) in [6.45, 7) is 0. The van der Waals surface area contributed by atoms with Gasteiger partial charge in [-0.3, -0.25) is 9.78 Å². The van der Waals surface area contributed by atoms with Crippen molar-refractivity contribution < 1.29 is 9.53 Å². The first-order valence-electron chi connectivity index (χ1n) is 8.57. The zero-order valence-electron chi connectivity index (χ0n) is 14.7. The highest BCUT2D eigenvalue weighted by Crippen LogP contribution is 2.29. The molecule has 0 unspecified atom stereocenters. The number of pyridine rings is 1. The van der Waals surface area contributed by atoms with Crippen LogP contribution in [0.2, 0.25) is 5.02 Å². The summed E-state index contributed by atoms with van der Waals surface area (Å²) in [5.74, 6) is 0.793. The SMILES string of the molecule is Nc1cc(NC(=O)c2cccc(Cl)c2)cc(Oc2cnc3ccccc3c2)c1. The van der Waals surface area contributed by atoms with Crippen molar-refractivity contribution in [2.75, 3.05) is 11.1 Å². The fraction of sp³-hybridized carbons (Fsp3) is 0. The molecule has 1 aromatic heterocycles. The second-order valence-electron chi connectivity index (χ2n) is 6.22. The summed E-state index contributed by atoms with van der Waals surface area (Å²) in [4.78, 5) is 16.8. The molecule has 1 amide bonds. The van der Waals surface area contributed by atoms with Gasteiger partial charge >= 0.3 is 0 Å². The van der Waals surface area contributed by atoms with Gasteiger partial charge < -0.3 is 15.8 Å². The Labute approximate surface area is 166 Å². The lowest BCUT2D eigenvalue weighted by Crippen LogP contribution is -2.12. The van der Waals surface area contributed by atoms with Crippen LogP contribution < -0.4 is 15.8 Å². The van der Waals surface area contributed by atoms with E-state index in [4.69, 9.17) is 22.1 Å². The van der Waals surface area contributed by atoms with Crippen molar-refractivity contribution in [3.63, 3.8) is 0 Å². The van der Waals surface area contributed by atoms with Crippen LogP contribution >= 0.6 is 11.6 Å². The Balaban J connectivity index is 1.57. The maximum atomic E-state index is 12.4. The molecule has 138 valence electrons. The zero-order valence-corrected chi connectivity index (χ0v) is 15.5. The Morgan fingerprint density at radius 2 is 1.82 bits per heavy atom. The first-order chi connectivity index (χ1) is 13.6. The Kier molecular flexibility index (Phi) is 4.83. The van der Waals surface area contributed by atoms with Crippen LogP contribution in [0, 0.1) is 0 Å². The number of halogens is 1. The fourth-order valence-electron chi connectivity index (χ4n) is 2.83. The van der Waals surface area contributed by atoms with Gasteiger partial charge in [-0.25, -0.2) is 0 Å². The van der Waals surface area contributed by atoms with Crippen LogP contribution in [-0.2, 0) is 0 Å². The van der Waals surface area contributed by atoms with Crippen molar-refractivity contribution in [1.82, 2.24) is 4.98 Å². The Morgan fingerprint density at radius 1 is 0.964 bits per heavy atom. The highest BCUT2D eigenvalue weighted by atomic mass is 35.5. The van der Waals surface area contributed by atoms with Crippen LogP contribution in [0.4, 0.5) is 11.4 Å². The summed E-state index contributed by atoms with van der Waals surface area (Å²) in [7, 11) is 0. The van der Waals surface area contributed by atoms with E-state index in [0.717, 1.165) is 10.9 Å². The molecule has 3 aromatic carbocycles. The minimum atomic E-state index is -0.286. The van der Waals surface area contributed by atoms with Crippen molar-refractivity contribution in [2.45, 2.75) is 0 Å². The molecular weight excluding hydrogens is 374 g/mol. The summed E-state index contributed by atoms with van der Waals surface area (Å²) in [6.07, 6.45) is 1.65. The number of nitrogen functional groups attached to an aromatic ring is 1. The third kappa shape index (κ3) is 4.05. The van der Waals surface area contributed by atoms with E-state index in [-0.39, 0.29) is 5.91 Å². The summed E-state index contributed by atoms with van der Waals surface area (Å²) >= 11 is 5.95. The van der Waals surface area contributed by atoms with Crippen molar-refractivity contribution in [1.29, 1.82) is 0 Å². The molecule has 1 heterocycles. The van der Waals surface area contributed by atoms with E-state index >= 15 is 0 Å². The van der Waals surface area contributed by atoms with E-state index < -0.39 is 0 Å². The number of rotatable bonds is 4. The number of carbonyl (C=O) groups is 1. The van der Waals surface area contributed by atoms with Crippen molar-refractivity contribution in [3.05, 3.63) is 89.6 Å². The number of ether oxygens (including phenoxy) is 1. The predicted molar refractivity (Wildman–Crippen MR) is 112 cm³/mol. The summed E-state index contributed by atoms with van der Waals surface area (Å²) < 4.78 is 5.90. The first kappa shape index (κ1) is 17.8. The molecule has 4 aromatic rings. The van der Waals surface area contributed by atoms with Gasteiger partial charge in [0.1, 0.15) is 11.5 Å². The molecule has 0 atom stereocenters. The van der Waals surface area contributed by atoms with Crippen LogP contribution in [0.1, 0.15) is 10.4 Å². The van der Waals surface area contributed by atoms with Crippen LogP contribution in [0.15, 0.2) is 79.0 Å². The molecule has 0 fully saturated rings. The number of anilines is 2. The number of nitrogens with zero attached hydrogens (tertiary/aromatic N) is 1. The number of benzene rings is 3. The molecular formula is C22H16ClN3O2. The average Bonchev–Trinajstić information content (AvgIpc) is 2.67. The number of fused-ring (bicyclic) bond motifs is 1. The molecule has 0 saturated heterocycles. The van der Waals surface area contributed by atoms with E-state index in [1.54, 1.807) is 48.7 Å². The minimum absolute atomic E-state index is 0.286. The van der Waals surface area contributed by atoms with Gasteiger partial charge in [-0.2, -0.15) is 0 Å². The third-order valence-electron chi connectivity index (χ3n) is 4.07. The monoisotopic (exact) mass is 389 g/mol. The summed E-state index contributed by atoms with van der Waals surface area (Å²) in [5.41, 5.74) is 8.30. The smallest absolute Gasteiger partial charge is 0.255 e. The molecule has 3 N–H and O–H groups in total. The number of aromatic nitrogens is 1. The van der Waals surface area contributed by atoms with Crippen LogP contribution in [0.25, 0.3) is 10.9 Å². The van der Waals surface area contributed by atoms with E-state index in [9.17, 15) is 4.79 Å². The standard InChI is InChI=1S/C22H16ClN3O2/c23-16-6-3-5-15(8-16)22(27)26-18-10-17(24)11-19(12-18)28-20-9-14-4-1-2-7-21(14)25-13-20/h1-13H,24H2,(H,26,27). The topological polar surface area (TPSA) is 77.2 Å². The number of para-hydroxylation sites is 1. The zero-order chi connectivity index (χ0) is 19.5. The van der Waals surface area contributed by atoms with Crippen LogP contribution in [-0.4, -0.2) is 10.9 Å². The molecule has 0 radical (unpaired) electrons. The number of carbonyl (C=O) groups excluding carboxylic acids is 1. The Bertz CT molecular complexity index is 1180. The third-order valence-corrected chi connectivity index (χ3v) is 4.31. The molecule has 0 bridgehead atoms. The lowest BCUT2D eigenvalue weighted by atomic mass is 10.2. The highest BCUT2D eigenvalue weighted by Gasteiger charge is 2.09. The second kappa shape index (κ2) is 7.58. The number of hydrogen-bond acceptors (Lipinski definition) is 4. The molecule has 0 aliphatic heterocycles. The molecule has 28 heavy (non-hydrogen) atoms. The Morgan fingerprint density at radius 3 is 2.68 bits per heavy atom. The van der Waals surface area contributed by atoms with Crippen molar-refractivity contribution >= 4 is 39.8 Å². The largest absolute Gasteiger partial charge is 0.456 e. The second-order valence-corrected chi connectivity index (χ2v) is 6.66. The maximum absolute atomic E-state index is 12.4. The van der Waals surface area contributed by atoms with Crippen LogP contribution in [0.5, 0.6) is 11.5 Å². The van der Waals surface area contributed by atoms with E-state index in [0.29, 0.717) is 33.5 Å². The molecule has 0 spiro atoms. The molecule has 6 heteroatoms. The number of amides is 1. The lowest BCUT2D eigenvalue weighted by molar-refractivity contribution is 0.102. The predicted octanol–water partition coefficient (Wildman–Crippen LogP) is 5.52. The van der Waals surface area contributed by atoms with E-state index in [2.05, 4.69) is 10.3 Å². The lowest BCUT2D eigenvalue weighted by Gasteiger charge is -2.11. The molecule has 4 rings (SSSR count). The molecule has 0 aliphatic carbocycles. The van der Waals surface area contributed by atoms with Gasteiger partial charge in [-0.1, -0.05) is 35.9 Å². The van der Waals surface area contributed by atoms with E-state index in [1.165, 1.54) is 0 Å². The number of nitrogens with one attached hydrogen (secondary N) is 1. The maximum Gasteiger partial charge on any atom is 0.255 e. The summed E-state index contributed by atoms with van der Waals surface area (Å²) in [5, 5.41) is 4.27. The highest BCUT2D eigenvalue weighted by molar-refractivity contribution is 6.31. The summed E-state index contributed by atoms with van der Waals surface area (Å²) in [6, 6.07) is 21.4. The molecule has 0 saturated carbocycles. The minimum Gasteiger partial charge on any atom is -0.456 e. The molecule has 5 nitrogen and oxygen atoms in total. The average molecular weight is 390 g/mol. The van der Waals surface area contributed by atoms with Gasteiger partial charge in [0.2, 0.25) is 0 Å². The fourth-order valence-corrected chi connectivity index (χ4v) is 3.02. The molecule has 0 aliphatic rings. The number of hydrogen-bond donors (Lipinski definition) is 2. The van der Waals surface area contributed by atoms with Gasteiger partial charge in [-0.15, -0.1) is 0 Å². The van der Waals surface area contributed by atoms with Crippen molar-refractivity contribution in [3.8, 4) is 11.5 Å². The first-order valence-corrected chi connectivity index (χ1v) is 8.95. The normalized spacial score (nSPS) is 10.6. The van der Waals surface area contributed by atoms with Gasteiger partial charge in [0.25, 0.3) is 5.91 Å². The van der Waals surface area contributed by atoms with Gasteiger partial charge in [0.15, 0.2) is 0 Å². The number of nitrogens with two attached hydrogens (primary N) is 1. The van der Waals surface area contributed by atoms with Gasteiger partial charge in [0.05, 0.1) is 11.7 Å². The van der Waals surface area contributed by atoms with Crippen LogP contribution in [0.3, 0.4) is 0 Å². The van der Waals surface area contributed by atoms with Crippen molar-refractivity contribution in [2.24, 2.45) is 0 Å². The quantitative estimate of drug-likeness (QED) is 0.451. The van der Waals surface area contributed by atoms with Gasteiger partial charge in [0, 0.05) is 39.5 Å². The van der Waals surface area contributed by atoms with Gasteiger partial charge in [-0.05, 0) is 36.4 Å². The van der Waals surface area contributed by atoms with E-state index in [1.807, 2.05) is 30.3 Å².